The van der Waals surface area contributed by atoms with E-state index in [0.717, 1.165) is 7.05 Å². The molecule has 1 rings (SSSR count). The van der Waals surface area contributed by atoms with Crippen LogP contribution in [0.1, 0.15) is 0 Å². The molecule has 1 aromatic carbocycles. The van der Waals surface area contributed by atoms with Crippen molar-refractivity contribution in [3.63, 3.8) is 0 Å². The zero-order chi connectivity index (χ0) is 12.3. The Morgan fingerprint density at radius 1 is 1.31 bits per heavy atom. The van der Waals surface area contributed by atoms with E-state index in [-0.39, 0.29) is 9.20 Å². The van der Waals surface area contributed by atoms with E-state index in [1.807, 2.05) is 0 Å². The minimum absolute atomic E-state index is 0.0989. The summed E-state index contributed by atoms with van der Waals surface area (Å²) in [6.07, 6.45) is -1.53. The molecule has 0 atom stereocenters. The summed E-state index contributed by atoms with van der Waals surface area (Å²) < 4.78 is 28.5. The van der Waals surface area contributed by atoms with Gasteiger partial charge in [0.05, 0.1) is 12.0 Å². The lowest BCUT2D eigenvalue weighted by atomic mass is 10.3. The lowest BCUT2D eigenvalue weighted by Crippen LogP contribution is -2.31. The Morgan fingerprint density at radius 3 is 2.19 bits per heavy atom. The number of hydrogen-bond donors (Lipinski definition) is 1. The number of methoxy groups -OCH3 is 1. The number of nitrogens with zero attached hydrogens (tertiary/aromatic N) is 1. The quantitative estimate of drug-likeness (QED) is 0.858. The van der Waals surface area contributed by atoms with Crippen molar-refractivity contribution >= 4 is 16.1 Å². The second kappa shape index (κ2) is 4.40. The number of sulfonamides is 1. The lowest BCUT2D eigenvalue weighted by Gasteiger charge is -2.13. The van der Waals surface area contributed by atoms with Crippen LogP contribution in [0.5, 0.6) is 5.75 Å². The van der Waals surface area contributed by atoms with Crippen LogP contribution in [0.4, 0.5) is 4.79 Å². The molecule has 0 heterocycles. The number of ether oxygens (including phenoxy) is 1. The predicted octanol–water partition coefficient (Wildman–Crippen LogP) is 0.994. The van der Waals surface area contributed by atoms with Crippen molar-refractivity contribution in [2.24, 2.45) is 0 Å². The summed E-state index contributed by atoms with van der Waals surface area (Å²) in [7, 11) is -1.56. The van der Waals surface area contributed by atoms with E-state index in [1.165, 1.54) is 31.4 Å². The van der Waals surface area contributed by atoms with Crippen LogP contribution < -0.4 is 4.74 Å². The molecule has 0 aliphatic rings. The maximum Gasteiger partial charge on any atom is 0.421 e. The highest BCUT2D eigenvalue weighted by molar-refractivity contribution is 7.89. The number of benzene rings is 1. The molecule has 0 aromatic heterocycles. The van der Waals surface area contributed by atoms with E-state index in [1.54, 1.807) is 0 Å². The molecule has 7 heteroatoms. The van der Waals surface area contributed by atoms with E-state index in [9.17, 15) is 13.2 Å². The van der Waals surface area contributed by atoms with Gasteiger partial charge in [0, 0.05) is 7.05 Å². The summed E-state index contributed by atoms with van der Waals surface area (Å²) in [5.74, 6) is 0.497. The van der Waals surface area contributed by atoms with Crippen LogP contribution in [-0.4, -0.2) is 38.1 Å². The Labute approximate surface area is 93.1 Å². The molecule has 1 amide bonds. The molecule has 0 bridgehead atoms. The number of carbonyl (C=O) groups is 1. The van der Waals surface area contributed by atoms with Crippen molar-refractivity contribution in [3.05, 3.63) is 24.3 Å². The average Bonchev–Trinajstić information content (AvgIpc) is 2.28. The normalized spacial score (nSPS) is 10.9. The van der Waals surface area contributed by atoms with Gasteiger partial charge in [-0.2, -0.15) is 0 Å². The van der Waals surface area contributed by atoms with Gasteiger partial charge in [0.1, 0.15) is 5.75 Å². The van der Waals surface area contributed by atoms with Gasteiger partial charge in [-0.3, -0.25) is 0 Å². The number of amides is 1. The van der Waals surface area contributed by atoms with Gasteiger partial charge in [-0.05, 0) is 24.3 Å². The second-order valence-corrected chi connectivity index (χ2v) is 4.90. The van der Waals surface area contributed by atoms with Gasteiger partial charge in [0.2, 0.25) is 0 Å². The van der Waals surface area contributed by atoms with Crippen molar-refractivity contribution in [3.8, 4) is 5.75 Å². The minimum Gasteiger partial charge on any atom is -0.497 e. The van der Waals surface area contributed by atoms with Crippen molar-refractivity contribution in [1.29, 1.82) is 0 Å². The number of carboxylic acid groups (broad SMARTS) is 1. The van der Waals surface area contributed by atoms with Crippen LogP contribution in [0.3, 0.4) is 0 Å². The molecule has 0 saturated heterocycles. The van der Waals surface area contributed by atoms with Crippen LogP contribution in [0.15, 0.2) is 29.2 Å². The van der Waals surface area contributed by atoms with Gasteiger partial charge >= 0.3 is 6.09 Å². The van der Waals surface area contributed by atoms with Crippen LogP contribution in [0.25, 0.3) is 0 Å². The summed E-state index contributed by atoms with van der Waals surface area (Å²) in [4.78, 5) is 10.5. The van der Waals surface area contributed by atoms with Gasteiger partial charge in [0.25, 0.3) is 10.0 Å². The molecule has 0 saturated carbocycles. The lowest BCUT2D eigenvalue weighted by molar-refractivity contribution is 0.178. The molecule has 16 heavy (non-hydrogen) atoms. The fourth-order valence-corrected chi connectivity index (χ4v) is 2.01. The fourth-order valence-electron chi connectivity index (χ4n) is 1.01. The molecule has 88 valence electrons. The fraction of sp³-hybridized carbons (Fsp3) is 0.222. The van der Waals surface area contributed by atoms with E-state index in [4.69, 9.17) is 9.84 Å². The van der Waals surface area contributed by atoms with Crippen LogP contribution in [0, 0.1) is 0 Å². The molecule has 0 aliphatic heterocycles. The van der Waals surface area contributed by atoms with Crippen molar-refractivity contribution in [1.82, 2.24) is 4.31 Å². The Morgan fingerprint density at radius 2 is 1.81 bits per heavy atom. The standard InChI is InChI=1S/C9H11NO5S/c1-10(9(11)12)16(13,14)8-5-3-7(15-2)4-6-8/h3-6H,1-2H3,(H,11,12). The number of hydrogen-bond acceptors (Lipinski definition) is 4. The zero-order valence-electron chi connectivity index (χ0n) is 8.75. The molecule has 1 aromatic rings. The van der Waals surface area contributed by atoms with Crippen molar-refractivity contribution in [2.45, 2.75) is 4.90 Å². The molecule has 0 radical (unpaired) electrons. The number of rotatable bonds is 3. The maximum atomic E-state index is 11.7. The molecular weight excluding hydrogens is 234 g/mol. The molecule has 6 nitrogen and oxygen atoms in total. The highest BCUT2D eigenvalue weighted by atomic mass is 32.2. The van der Waals surface area contributed by atoms with E-state index in [2.05, 4.69) is 0 Å². The Kier molecular flexibility index (Phi) is 3.38. The van der Waals surface area contributed by atoms with Crippen LogP contribution in [0.2, 0.25) is 0 Å². The van der Waals surface area contributed by atoms with E-state index < -0.39 is 16.1 Å². The van der Waals surface area contributed by atoms with Crippen molar-refractivity contribution in [2.75, 3.05) is 14.2 Å². The third-order valence-electron chi connectivity index (χ3n) is 1.99. The minimum atomic E-state index is -3.98. The predicted molar refractivity (Wildman–Crippen MR) is 56.0 cm³/mol. The first-order chi connectivity index (χ1) is 7.39. The Balaban J connectivity index is 3.13. The second-order valence-electron chi connectivity index (χ2n) is 2.93. The highest BCUT2D eigenvalue weighted by Gasteiger charge is 2.24. The van der Waals surface area contributed by atoms with Crippen LogP contribution >= 0.6 is 0 Å². The van der Waals surface area contributed by atoms with Gasteiger partial charge in [-0.25, -0.2) is 17.5 Å². The summed E-state index contributed by atoms with van der Waals surface area (Å²) in [6.45, 7) is 0. The van der Waals surface area contributed by atoms with Gasteiger partial charge in [-0.1, -0.05) is 0 Å². The first kappa shape index (κ1) is 12.3. The highest BCUT2D eigenvalue weighted by Crippen LogP contribution is 2.18. The molecule has 0 fully saturated rings. The largest absolute Gasteiger partial charge is 0.497 e. The maximum absolute atomic E-state index is 11.7. The third-order valence-corrected chi connectivity index (χ3v) is 3.73. The summed E-state index contributed by atoms with van der Waals surface area (Å²) in [6, 6.07) is 5.46. The molecule has 0 unspecified atom stereocenters. The van der Waals surface area contributed by atoms with E-state index >= 15 is 0 Å². The van der Waals surface area contributed by atoms with Crippen molar-refractivity contribution < 1.29 is 23.1 Å². The SMILES string of the molecule is COc1ccc(S(=O)(=O)N(C)C(=O)O)cc1. The van der Waals surface area contributed by atoms with Gasteiger partial charge in [-0.15, -0.1) is 0 Å². The smallest absolute Gasteiger partial charge is 0.421 e. The first-order valence-corrected chi connectivity index (χ1v) is 5.69. The molecular formula is C9H11NO5S. The Bertz CT molecular complexity index is 479. The summed E-state index contributed by atoms with van der Waals surface area (Å²) >= 11 is 0. The first-order valence-electron chi connectivity index (χ1n) is 4.25. The monoisotopic (exact) mass is 245 g/mol. The molecule has 0 aliphatic carbocycles. The van der Waals surface area contributed by atoms with Gasteiger partial charge in [0.15, 0.2) is 0 Å². The zero-order valence-corrected chi connectivity index (χ0v) is 9.56. The topological polar surface area (TPSA) is 83.9 Å². The summed E-state index contributed by atoms with van der Waals surface area (Å²) in [5.41, 5.74) is 0. The van der Waals surface area contributed by atoms with Crippen LogP contribution in [-0.2, 0) is 10.0 Å². The molecule has 1 N–H and O–H groups in total. The van der Waals surface area contributed by atoms with E-state index in [0.29, 0.717) is 5.75 Å². The average molecular weight is 245 g/mol. The molecule has 0 spiro atoms. The third kappa shape index (κ3) is 2.25. The van der Waals surface area contributed by atoms with Gasteiger partial charge < -0.3 is 9.84 Å². The Hall–Kier alpha value is -1.76. The summed E-state index contributed by atoms with van der Waals surface area (Å²) in [5, 5.41) is 8.60.